The maximum absolute atomic E-state index is 0. The van der Waals surface area contributed by atoms with Crippen molar-refractivity contribution in [2.24, 2.45) is 0 Å². The maximum Gasteiger partial charge on any atom is 3.00 e. The van der Waals surface area contributed by atoms with E-state index >= 15 is 0 Å². The maximum atomic E-state index is 0. The van der Waals surface area contributed by atoms with Crippen LogP contribution < -0.4 is 0 Å². The van der Waals surface area contributed by atoms with E-state index in [9.17, 15) is 0 Å². The van der Waals surface area contributed by atoms with Gasteiger partial charge >= 0.3 is 179 Å². The van der Waals surface area contributed by atoms with Crippen molar-refractivity contribution >= 4 is 179 Å². The molecule has 0 spiro atoms. The first kappa shape index (κ1) is 85.9. The van der Waals surface area contributed by atoms with Crippen molar-refractivity contribution in [1.29, 1.82) is 0 Å². The summed E-state index contributed by atoms with van der Waals surface area (Å²) >= 11 is 0. The molecule has 0 amide bonds. The summed E-state index contributed by atoms with van der Waals surface area (Å²) in [4.78, 5) is 0. The first-order valence-corrected chi connectivity index (χ1v) is 0. The predicted octanol–water partition coefficient (Wildman–Crippen LogP) is -1.74. The smallest absolute Gasteiger partial charge is 2.00 e. The zero-order valence-electron chi connectivity index (χ0n) is 13.2. The molecule has 0 bridgehead atoms. The molecule has 0 unspecified atom stereocenters. The number of hydrogen-bond donors (Lipinski definition) is 0. The van der Waals surface area contributed by atoms with Crippen LogP contribution in [0.5, 0.6) is 0 Å². The molecule has 0 aliphatic carbocycles. The molecule has 40 valence electrons. The van der Waals surface area contributed by atoms with Crippen LogP contribution in [0, 0.1) is 0 Å². The molecule has 0 radical (unpaired) electrons. The van der Waals surface area contributed by atoms with Crippen molar-refractivity contribution < 1.29 is 27.8 Å². The van der Waals surface area contributed by atoms with Crippen molar-refractivity contribution in [3.63, 3.8) is 0 Å². The van der Waals surface area contributed by atoms with Gasteiger partial charge in [0.1, 0.15) is 0 Å². The average Bonchev–Trinajstić information content (AvgIpc) is 0. The zero-order chi connectivity index (χ0) is 0. The van der Waals surface area contributed by atoms with Crippen LogP contribution in [-0.4, -0.2) is 179 Å². The van der Waals surface area contributed by atoms with E-state index in [-0.39, 0.29) is 206 Å². The van der Waals surface area contributed by atoms with Crippen LogP contribution in [0.15, 0.2) is 0 Å². The first-order chi connectivity index (χ1) is 0. The van der Waals surface area contributed by atoms with Gasteiger partial charge in [0.2, 0.25) is 0 Å². The molecule has 9 heavy (non-hydrogen) atoms. The summed E-state index contributed by atoms with van der Waals surface area (Å²) in [7, 11) is 0. The topological polar surface area (TPSA) is 85.5 Å². The zero-order valence-corrected chi connectivity index (χ0v) is 19.2. The monoisotopic (exact) mass is 434 g/mol. The van der Waals surface area contributed by atoms with Gasteiger partial charge in [0.05, 0.1) is 0 Å². The Balaban J connectivity index is 0. The molecule has 9 heteroatoms. The van der Waals surface area contributed by atoms with Crippen LogP contribution in [0.3, 0.4) is 0 Å². The minimum absolute atomic E-state index is 0. The van der Waals surface area contributed by atoms with Crippen molar-refractivity contribution in [2.45, 2.75) is 0 Å². The van der Waals surface area contributed by atoms with Crippen molar-refractivity contribution in [2.75, 3.05) is 0 Å². The van der Waals surface area contributed by atoms with Gasteiger partial charge in [-0.3, -0.25) is 0 Å². The van der Waals surface area contributed by atoms with Gasteiger partial charge in [-0.1, -0.05) is 0 Å². The second kappa shape index (κ2) is 68.7. The molecular formula is H8Al2Ba2Mg2O3. The van der Waals surface area contributed by atoms with E-state index in [2.05, 4.69) is 0 Å². The quantitative estimate of drug-likeness (QED) is 0.407. The van der Waals surface area contributed by atoms with Crippen LogP contribution in [0.25, 0.3) is 0 Å². The number of rotatable bonds is 0. The molecule has 3 nitrogen and oxygen atoms in total. The largest absolute Gasteiger partial charge is 3.00 e. The number of hydrogen-bond acceptors (Lipinski definition) is 0. The van der Waals surface area contributed by atoms with Crippen LogP contribution in [-0.2, 0) is 16.4 Å². The fourth-order valence-corrected chi connectivity index (χ4v) is 0. The molecule has 0 aromatic rings. The third kappa shape index (κ3) is 58.2. The summed E-state index contributed by atoms with van der Waals surface area (Å²) in [5, 5.41) is 0. The Morgan fingerprint density at radius 1 is 0.556 bits per heavy atom. The Kier molecular flexibility index (Phi) is 655. The van der Waals surface area contributed by atoms with E-state index in [1.807, 2.05) is 0 Å². The standard InChI is InChI=1S/2Al.2Ba.2Mg.3O.8H/q2*+3;4*+2;3*-2;8*-1. The van der Waals surface area contributed by atoms with Gasteiger partial charge in [0, 0.05) is 0 Å². The fourth-order valence-electron chi connectivity index (χ4n) is 0. The molecule has 0 atom stereocenters. The summed E-state index contributed by atoms with van der Waals surface area (Å²) in [6, 6.07) is 0. The summed E-state index contributed by atoms with van der Waals surface area (Å²) in [6.45, 7) is 0. The van der Waals surface area contributed by atoms with E-state index in [1.165, 1.54) is 0 Å². The van der Waals surface area contributed by atoms with E-state index in [0.717, 1.165) is 0 Å². The predicted molar refractivity (Wildman–Crippen MR) is 45.5 cm³/mol. The van der Waals surface area contributed by atoms with Gasteiger partial charge in [-0.05, 0) is 0 Å². The van der Waals surface area contributed by atoms with Gasteiger partial charge in [0.15, 0.2) is 0 Å². The molecule has 0 heterocycles. The molecule has 0 aliphatic rings. The second-order valence-corrected chi connectivity index (χ2v) is 0. The van der Waals surface area contributed by atoms with E-state index in [0.29, 0.717) is 0 Å². The van der Waals surface area contributed by atoms with Crippen molar-refractivity contribution in [3.05, 3.63) is 0 Å². The molecule has 0 saturated carbocycles. The molecule has 0 aromatic carbocycles. The van der Waals surface area contributed by atoms with Crippen LogP contribution in [0.1, 0.15) is 11.4 Å². The Morgan fingerprint density at radius 2 is 0.556 bits per heavy atom. The fraction of sp³-hybridized carbons (Fsp3) is 0. The van der Waals surface area contributed by atoms with E-state index in [4.69, 9.17) is 0 Å². The van der Waals surface area contributed by atoms with Gasteiger partial charge in [-0.2, -0.15) is 0 Å². The minimum Gasteiger partial charge on any atom is -2.00 e. The summed E-state index contributed by atoms with van der Waals surface area (Å²) in [5.41, 5.74) is 0. The molecule has 0 N–H and O–H groups in total. The van der Waals surface area contributed by atoms with Crippen LogP contribution in [0.4, 0.5) is 0 Å². The Labute approximate surface area is 201 Å². The molecule has 0 rings (SSSR count). The average molecular weight is 433 g/mol. The van der Waals surface area contributed by atoms with Gasteiger partial charge < -0.3 is 27.8 Å². The molecule has 0 saturated heterocycles. The van der Waals surface area contributed by atoms with E-state index in [1.54, 1.807) is 0 Å². The molecular weight excluding hydrogens is 425 g/mol. The third-order valence-electron chi connectivity index (χ3n) is 0. The second-order valence-electron chi connectivity index (χ2n) is 0. The van der Waals surface area contributed by atoms with Crippen molar-refractivity contribution in [1.82, 2.24) is 0 Å². The normalized spacial score (nSPS) is 0. The first-order valence-electron chi connectivity index (χ1n) is 0. The van der Waals surface area contributed by atoms with Gasteiger partial charge in [-0.25, -0.2) is 0 Å². The summed E-state index contributed by atoms with van der Waals surface area (Å²) in [6.07, 6.45) is 0. The Bertz CT molecular complexity index is 34.7. The van der Waals surface area contributed by atoms with Gasteiger partial charge in [0.25, 0.3) is 0 Å². The van der Waals surface area contributed by atoms with E-state index < -0.39 is 0 Å². The van der Waals surface area contributed by atoms with Crippen LogP contribution >= 0.6 is 0 Å². The molecule has 0 aromatic heterocycles. The summed E-state index contributed by atoms with van der Waals surface area (Å²) < 4.78 is 0. The third-order valence-corrected chi connectivity index (χ3v) is 0. The Hall–Kier alpha value is 5.62. The summed E-state index contributed by atoms with van der Waals surface area (Å²) in [5.74, 6) is 0. The Morgan fingerprint density at radius 3 is 0.556 bits per heavy atom. The SMILES string of the molecule is [Al+3].[Al+3].[Ba+2].[Ba+2].[H-].[H-].[H-].[H-].[H-].[H-].[H-].[H-].[Mg+2].[Mg+2].[O-2].[O-2].[O-2]. The minimum atomic E-state index is 0. The molecule has 0 aliphatic heterocycles. The van der Waals surface area contributed by atoms with Crippen LogP contribution in [0.2, 0.25) is 0 Å². The van der Waals surface area contributed by atoms with Gasteiger partial charge in [-0.15, -0.1) is 0 Å². The van der Waals surface area contributed by atoms with Crippen molar-refractivity contribution in [3.8, 4) is 0 Å². The molecule has 0 fully saturated rings.